The van der Waals surface area contributed by atoms with Gasteiger partial charge in [-0.3, -0.25) is 0 Å². The summed E-state index contributed by atoms with van der Waals surface area (Å²) in [4.78, 5) is 0. The minimum absolute atomic E-state index is 0.550. The standard InChI is InChI=1S/C28H33ClN2/c1-19(28-13-21-9-22(14-28)11-23(10-21)15-28)30-16-24-18-31(27-8-3-2-7-26(24)27)17-20-5-4-6-25(29)12-20/h2-8,12,18-19,21-23,30H,9-11,13-17H2,1H3/t19-,21?,22?,23?,28?/m0/s1. The summed E-state index contributed by atoms with van der Waals surface area (Å²) in [5.74, 6) is 3.03. The third-order valence-electron chi connectivity index (χ3n) is 8.72. The monoisotopic (exact) mass is 432 g/mol. The lowest BCUT2D eigenvalue weighted by molar-refractivity contribution is -0.0706. The van der Waals surface area contributed by atoms with Crippen LogP contribution in [-0.2, 0) is 13.1 Å². The fourth-order valence-corrected chi connectivity index (χ4v) is 7.83. The smallest absolute Gasteiger partial charge is 0.0486 e. The molecule has 4 fully saturated rings. The molecule has 0 unspecified atom stereocenters. The van der Waals surface area contributed by atoms with Crippen LogP contribution in [0.25, 0.3) is 10.9 Å². The van der Waals surface area contributed by atoms with Gasteiger partial charge >= 0.3 is 0 Å². The molecule has 2 nitrogen and oxygen atoms in total. The molecule has 3 aromatic rings. The van der Waals surface area contributed by atoms with Crippen molar-refractivity contribution in [1.29, 1.82) is 0 Å². The van der Waals surface area contributed by atoms with E-state index in [1.165, 1.54) is 60.6 Å². The van der Waals surface area contributed by atoms with E-state index in [-0.39, 0.29) is 0 Å². The number of hydrogen-bond acceptors (Lipinski definition) is 1. The van der Waals surface area contributed by atoms with Crippen LogP contribution in [0.4, 0.5) is 0 Å². The predicted octanol–water partition coefficient (Wildman–Crippen LogP) is 7.04. The Balaban J connectivity index is 1.23. The highest BCUT2D eigenvalue weighted by Gasteiger charge is 2.52. The van der Waals surface area contributed by atoms with Crippen LogP contribution in [0.1, 0.15) is 56.6 Å². The third kappa shape index (κ3) is 3.62. The van der Waals surface area contributed by atoms with Gasteiger partial charge in [0.2, 0.25) is 0 Å². The molecule has 1 N–H and O–H groups in total. The van der Waals surface area contributed by atoms with E-state index in [0.717, 1.165) is 35.9 Å². The van der Waals surface area contributed by atoms with Crippen LogP contribution in [0.5, 0.6) is 0 Å². The van der Waals surface area contributed by atoms with Crippen molar-refractivity contribution in [3.63, 3.8) is 0 Å². The molecule has 0 saturated heterocycles. The zero-order chi connectivity index (χ0) is 21.0. The molecule has 3 heteroatoms. The largest absolute Gasteiger partial charge is 0.343 e. The molecule has 7 rings (SSSR count). The summed E-state index contributed by atoms with van der Waals surface area (Å²) in [6, 6.07) is 17.6. The van der Waals surface area contributed by atoms with Crippen molar-refractivity contribution in [2.24, 2.45) is 23.2 Å². The van der Waals surface area contributed by atoms with Crippen molar-refractivity contribution in [3.8, 4) is 0 Å². The highest BCUT2D eigenvalue weighted by molar-refractivity contribution is 6.30. The number of hydrogen-bond donors (Lipinski definition) is 1. The van der Waals surface area contributed by atoms with Gasteiger partial charge in [0, 0.05) is 41.3 Å². The molecule has 0 aliphatic heterocycles. The zero-order valence-electron chi connectivity index (χ0n) is 18.5. The Morgan fingerprint density at radius 3 is 2.42 bits per heavy atom. The molecule has 4 saturated carbocycles. The van der Waals surface area contributed by atoms with Crippen molar-refractivity contribution in [1.82, 2.24) is 9.88 Å². The Labute approximate surface area is 191 Å². The topological polar surface area (TPSA) is 17.0 Å². The number of nitrogens with one attached hydrogen (secondary N) is 1. The first-order valence-electron chi connectivity index (χ1n) is 12.1. The SMILES string of the molecule is C[C@H](NCc1cn(Cc2cccc(Cl)c2)c2ccccc12)C12CC3CC(CC(C3)C1)C2. The summed E-state index contributed by atoms with van der Waals surface area (Å²) in [5, 5.41) is 6.18. The van der Waals surface area contributed by atoms with Crippen molar-refractivity contribution >= 4 is 22.5 Å². The van der Waals surface area contributed by atoms with Crippen molar-refractivity contribution in [3.05, 3.63) is 70.9 Å². The molecule has 31 heavy (non-hydrogen) atoms. The molecule has 0 spiro atoms. The Hall–Kier alpha value is -1.77. The van der Waals surface area contributed by atoms with Crippen LogP contribution in [-0.4, -0.2) is 10.6 Å². The number of para-hydroxylation sites is 1. The summed E-state index contributed by atoms with van der Waals surface area (Å²) in [7, 11) is 0. The van der Waals surface area contributed by atoms with Crippen LogP contribution < -0.4 is 5.32 Å². The molecule has 2 aromatic carbocycles. The van der Waals surface area contributed by atoms with E-state index in [1.54, 1.807) is 0 Å². The second-order valence-corrected chi connectivity index (χ2v) is 11.2. The summed E-state index contributed by atoms with van der Waals surface area (Å²) < 4.78 is 2.38. The lowest BCUT2D eigenvalue weighted by atomic mass is 9.48. The molecule has 4 bridgehead atoms. The Kier molecular flexibility index (Phi) is 4.92. The second-order valence-electron chi connectivity index (χ2n) is 10.8. The van der Waals surface area contributed by atoms with Gasteiger partial charge in [-0.2, -0.15) is 0 Å². The molecule has 0 amide bonds. The van der Waals surface area contributed by atoms with E-state index in [4.69, 9.17) is 11.6 Å². The number of halogens is 1. The van der Waals surface area contributed by atoms with Crippen molar-refractivity contribution < 1.29 is 0 Å². The Morgan fingerprint density at radius 2 is 1.71 bits per heavy atom. The lowest BCUT2D eigenvalue weighted by Gasteiger charge is -2.59. The summed E-state index contributed by atoms with van der Waals surface area (Å²) >= 11 is 6.23. The average Bonchev–Trinajstić information content (AvgIpc) is 3.09. The maximum atomic E-state index is 6.23. The first kappa shape index (κ1) is 19.9. The molecule has 1 atom stereocenters. The molecular weight excluding hydrogens is 400 g/mol. The van der Waals surface area contributed by atoms with E-state index in [2.05, 4.69) is 59.4 Å². The molecule has 1 heterocycles. The zero-order valence-corrected chi connectivity index (χ0v) is 19.2. The van der Waals surface area contributed by atoms with Gasteiger partial charge in [0.05, 0.1) is 0 Å². The van der Waals surface area contributed by atoms with Crippen LogP contribution in [0.3, 0.4) is 0 Å². The van der Waals surface area contributed by atoms with Gasteiger partial charge < -0.3 is 9.88 Å². The first-order valence-corrected chi connectivity index (χ1v) is 12.5. The van der Waals surface area contributed by atoms with E-state index >= 15 is 0 Å². The summed E-state index contributed by atoms with van der Waals surface area (Å²) in [6.07, 6.45) is 11.3. The van der Waals surface area contributed by atoms with Gasteiger partial charge in [-0.15, -0.1) is 0 Å². The molecule has 1 aromatic heterocycles. The van der Waals surface area contributed by atoms with Gasteiger partial charge in [-0.25, -0.2) is 0 Å². The normalized spacial score (nSPS) is 30.2. The first-order chi connectivity index (χ1) is 15.1. The van der Waals surface area contributed by atoms with E-state index in [9.17, 15) is 0 Å². The van der Waals surface area contributed by atoms with Crippen molar-refractivity contribution in [2.45, 2.75) is 64.6 Å². The molecule has 4 aliphatic carbocycles. The minimum atomic E-state index is 0.550. The van der Waals surface area contributed by atoms with Crippen LogP contribution in [0.2, 0.25) is 5.02 Å². The van der Waals surface area contributed by atoms with Gasteiger partial charge in [-0.1, -0.05) is 41.9 Å². The number of fused-ring (bicyclic) bond motifs is 1. The maximum Gasteiger partial charge on any atom is 0.0486 e. The predicted molar refractivity (Wildman–Crippen MR) is 129 cm³/mol. The highest BCUT2D eigenvalue weighted by Crippen LogP contribution is 2.61. The fourth-order valence-electron chi connectivity index (χ4n) is 7.61. The third-order valence-corrected chi connectivity index (χ3v) is 8.95. The molecule has 4 aliphatic rings. The average molecular weight is 433 g/mol. The number of benzene rings is 2. The van der Waals surface area contributed by atoms with E-state index in [1.807, 2.05) is 12.1 Å². The molecule has 0 radical (unpaired) electrons. The minimum Gasteiger partial charge on any atom is -0.343 e. The summed E-state index contributed by atoms with van der Waals surface area (Å²) in [5.41, 5.74) is 4.51. The van der Waals surface area contributed by atoms with E-state index in [0.29, 0.717) is 11.5 Å². The second kappa shape index (κ2) is 7.67. The quantitative estimate of drug-likeness (QED) is 0.442. The van der Waals surface area contributed by atoms with E-state index < -0.39 is 0 Å². The van der Waals surface area contributed by atoms with Crippen LogP contribution in [0.15, 0.2) is 54.7 Å². The van der Waals surface area contributed by atoms with Crippen LogP contribution in [0, 0.1) is 23.2 Å². The van der Waals surface area contributed by atoms with Crippen molar-refractivity contribution in [2.75, 3.05) is 0 Å². The Morgan fingerprint density at radius 1 is 1.00 bits per heavy atom. The van der Waals surface area contributed by atoms with Crippen LogP contribution >= 0.6 is 11.6 Å². The Bertz CT molecular complexity index is 1060. The van der Waals surface area contributed by atoms with Gasteiger partial charge in [-0.05, 0) is 97.9 Å². The van der Waals surface area contributed by atoms with Gasteiger partial charge in [0.1, 0.15) is 0 Å². The van der Waals surface area contributed by atoms with Gasteiger partial charge in [0.15, 0.2) is 0 Å². The number of aromatic nitrogens is 1. The maximum absolute atomic E-state index is 6.23. The lowest BCUT2D eigenvalue weighted by Crippen LogP contribution is -2.54. The highest BCUT2D eigenvalue weighted by atomic mass is 35.5. The number of rotatable bonds is 6. The molecule has 162 valence electrons. The fraction of sp³-hybridized carbons (Fsp3) is 0.500. The molecular formula is C28H33ClN2. The van der Waals surface area contributed by atoms with Gasteiger partial charge in [0.25, 0.3) is 0 Å². The number of nitrogens with zero attached hydrogens (tertiary/aromatic N) is 1. The summed E-state index contributed by atoms with van der Waals surface area (Å²) in [6.45, 7) is 4.27.